The van der Waals surface area contributed by atoms with Crippen molar-refractivity contribution in [1.82, 2.24) is 9.13 Å². The van der Waals surface area contributed by atoms with Gasteiger partial charge < -0.3 is 9.13 Å². The molecule has 0 saturated carbocycles. The van der Waals surface area contributed by atoms with Gasteiger partial charge in [-0.2, -0.15) is 5.26 Å². The molecule has 0 aliphatic rings. The summed E-state index contributed by atoms with van der Waals surface area (Å²) in [5.41, 5.74) is 11.8. The zero-order valence-corrected chi connectivity index (χ0v) is 24.9. The summed E-state index contributed by atoms with van der Waals surface area (Å²) in [6.07, 6.45) is 0. The Hall–Kier alpha value is -6.37. The van der Waals surface area contributed by atoms with Crippen molar-refractivity contribution in [1.29, 1.82) is 5.26 Å². The van der Waals surface area contributed by atoms with Gasteiger partial charge in [0.05, 0.1) is 33.7 Å². The Balaban J connectivity index is 1.30. The summed E-state index contributed by atoms with van der Waals surface area (Å²) in [5.74, 6) is 0. The summed E-state index contributed by atoms with van der Waals surface area (Å²) in [4.78, 5) is 0. The molecule has 0 unspecified atom stereocenters. The molecule has 3 nitrogen and oxygen atoms in total. The molecule has 0 N–H and O–H groups in total. The molecule has 0 aliphatic heterocycles. The average Bonchev–Trinajstić information content (AvgIpc) is 3.65. The number of fused-ring (bicyclic) bond motifs is 6. The first-order valence-corrected chi connectivity index (χ1v) is 15.5. The molecule has 0 aliphatic carbocycles. The van der Waals surface area contributed by atoms with E-state index in [0.717, 1.165) is 39.1 Å². The van der Waals surface area contributed by atoms with Gasteiger partial charge in [0.2, 0.25) is 0 Å². The molecule has 0 radical (unpaired) electrons. The third-order valence-electron chi connectivity index (χ3n) is 9.15. The first-order chi connectivity index (χ1) is 22.8. The molecule has 2 heterocycles. The van der Waals surface area contributed by atoms with Crippen LogP contribution in [0.3, 0.4) is 0 Å². The maximum absolute atomic E-state index is 9.83. The van der Waals surface area contributed by atoms with Crippen LogP contribution in [0.1, 0.15) is 5.56 Å². The van der Waals surface area contributed by atoms with Gasteiger partial charge in [-0.25, -0.2) is 0 Å². The number of nitriles is 1. The Morgan fingerprint density at radius 1 is 0.391 bits per heavy atom. The molecule has 0 spiro atoms. The number of aromatic nitrogens is 2. The zero-order valence-electron chi connectivity index (χ0n) is 24.9. The third-order valence-corrected chi connectivity index (χ3v) is 9.15. The van der Waals surface area contributed by atoms with Crippen molar-refractivity contribution in [3.05, 3.63) is 169 Å². The van der Waals surface area contributed by atoms with E-state index in [1.807, 2.05) is 24.3 Å². The van der Waals surface area contributed by atoms with E-state index in [1.54, 1.807) is 0 Å². The molecular weight excluding hydrogens is 558 g/mol. The monoisotopic (exact) mass is 585 g/mol. The fourth-order valence-corrected chi connectivity index (χ4v) is 7.18. The van der Waals surface area contributed by atoms with E-state index in [-0.39, 0.29) is 0 Å². The van der Waals surface area contributed by atoms with E-state index in [9.17, 15) is 5.26 Å². The topological polar surface area (TPSA) is 33.6 Å². The van der Waals surface area contributed by atoms with Crippen LogP contribution in [0.15, 0.2) is 164 Å². The van der Waals surface area contributed by atoms with Crippen LogP contribution in [0.25, 0.3) is 77.2 Å². The molecule has 7 aromatic carbocycles. The van der Waals surface area contributed by atoms with E-state index in [2.05, 4.69) is 155 Å². The van der Waals surface area contributed by atoms with Crippen LogP contribution >= 0.6 is 0 Å². The third kappa shape index (κ3) is 3.91. The van der Waals surface area contributed by atoms with Gasteiger partial charge in [0, 0.05) is 38.5 Å². The van der Waals surface area contributed by atoms with E-state index < -0.39 is 0 Å². The van der Waals surface area contributed by atoms with Gasteiger partial charge >= 0.3 is 0 Å². The second kappa shape index (κ2) is 10.4. The van der Waals surface area contributed by atoms with Gasteiger partial charge in [0.25, 0.3) is 0 Å². The summed E-state index contributed by atoms with van der Waals surface area (Å²) in [6, 6.07) is 60.2. The highest BCUT2D eigenvalue weighted by atomic mass is 15.0. The Morgan fingerprint density at radius 2 is 0.848 bits per heavy atom. The predicted molar refractivity (Wildman–Crippen MR) is 191 cm³/mol. The quantitative estimate of drug-likeness (QED) is 0.202. The molecule has 0 fully saturated rings. The number of benzene rings is 7. The van der Waals surface area contributed by atoms with Crippen LogP contribution in [-0.4, -0.2) is 9.13 Å². The highest BCUT2D eigenvalue weighted by Crippen LogP contribution is 2.40. The molecular formula is C43H27N3. The van der Waals surface area contributed by atoms with E-state index in [1.165, 1.54) is 38.1 Å². The Morgan fingerprint density at radius 3 is 1.50 bits per heavy atom. The number of rotatable bonds is 4. The molecule has 9 rings (SSSR count). The van der Waals surface area contributed by atoms with Gasteiger partial charge in [-0.1, -0.05) is 115 Å². The normalized spacial score (nSPS) is 11.5. The van der Waals surface area contributed by atoms with E-state index >= 15 is 0 Å². The maximum atomic E-state index is 9.83. The largest absolute Gasteiger partial charge is 0.309 e. The summed E-state index contributed by atoms with van der Waals surface area (Å²) < 4.78 is 4.76. The van der Waals surface area contributed by atoms with Gasteiger partial charge in [0.15, 0.2) is 0 Å². The standard InChI is InChI=1S/C43H27N3/c44-28-31-12-1-2-17-34(31)29-13-9-16-33(26-29)46-42-25-8-5-20-38(42)39-22-11-21-35(43(39)46)30-14-10-15-32(27-30)45-40-23-6-3-18-36(40)37-19-4-7-24-41(37)45/h1-27H. The molecule has 3 heteroatoms. The van der Waals surface area contributed by atoms with Crippen molar-refractivity contribution in [3.8, 4) is 39.7 Å². The summed E-state index contributed by atoms with van der Waals surface area (Å²) in [5, 5.41) is 14.8. The van der Waals surface area contributed by atoms with Crippen molar-refractivity contribution in [2.24, 2.45) is 0 Å². The highest BCUT2D eigenvalue weighted by Gasteiger charge is 2.18. The number of nitrogens with zero attached hydrogens (tertiary/aromatic N) is 3. The van der Waals surface area contributed by atoms with Gasteiger partial charge in [-0.15, -0.1) is 0 Å². The molecule has 2 aromatic heterocycles. The van der Waals surface area contributed by atoms with Crippen LogP contribution in [-0.2, 0) is 0 Å². The minimum atomic E-state index is 0.671. The lowest BCUT2D eigenvalue weighted by molar-refractivity contribution is 1.17. The fraction of sp³-hybridized carbons (Fsp3) is 0. The Bertz CT molecular complexity index is 2610. The number of hydrogen-bond acceptors (Lipinski definition) is 1. The Labute approximate surface area is 266 Å². The number of hydrogen-bond donors (Lipinski definition) is 0. The minimum absolute atomic E-state index is 0.671. The van der Waals surface area contributed by atoms with Gasteiger partial charge in [-0.05, 0) is 65.2 Å². The summed E-state index contributed by atoms with van der Waals surface area (Å²) in [6.45, 7) is 0. The smallest absolute Gasteiger partial charge is 0.0998 e. The van der Waals surface area contributed by atoms with Gasteiger partial charge in [-0.3, -0.25) is 0 Å². The SMILES string of the molecule is N#Cc1ccccc1-c1cccc(-n2c3ccccc3c3cccc(-c4cccc(-n5c6ccccc6c6ccccc65)c4)c32)c1. The van der Waals surface area contributed by atoms with Crippen LogP contribution < -0.4 is 0 Å². The van der Waals surface area contributed by atoms with Crippen LogP contribution in [0.4, 0.5) is 0 Å². The van der Waals surface area contributed by atoms with Crippen LogP contribution in [0.5, 0.6) is 0 Å². The van der Waals surface area contributed by atoms with Crippen molar-refractivity contribution in [3.63, 3.8) is 0 Å². The lowest BCUT2D eigenvalue weighted by atomic mass is 9.99. The molecule has 0 atom stereocenters. The summed E-state index contributed by atoms with van der Waals surface area (Å²) >= 11 is 0. The second-order valence-corrected chi connectivity index (χ2v) is 11.7. The molecule has 0 saturated heterocycles. The molecule has 0 amide bonds. The molecule has 214 valence electrons. The van der Waals surface area contributed by atoms with Crippen molar-refractivity contribution < 1.29 is 0 Å². The minimum Gasteiger partial charge on any atom is -0.309 e. The van der Waals surface area contributed by atoms with Crippen molar-refractivity contribution in [2.75, 3.05) is 0 Å². The first-order valence-electron chi connectivity index (χ1n) is 15.5. The fourth-order valence-electron chi connectivity index (χ4n) is 7.18. The summed E-state index contributed by atoms with van der Waals surface area (Å²) in [7, 11) is 0. The zero-order chi connectivity index (χ0) is 30.6. The first kappa shape index (κ1) is 26.1. The average molecular weight is 586 g/mol. The van der Waals surface area contributed by atoms with Crippen molar-refractivity contribution in [2.45, 2.75) is 0 Å². The van der Waals surface area contributed by atoms with Crippen LogP contribution in [0.2, 0.25) is 0 Å². The van der Waals surface area contributed by atoms with Crippen molar-refractivity contribution >= 4 is 43.6 Å². The predicted octanol–water partition coefficient (Wildman–Crippen LogP) is 11.1. The lowest BCUT2D eigenvalue weighted by Crippen LogP contribution is -1.97. The molecule has 9 aromatic rings. The van der Waals surface area contributed by atoms with E-state index in [0.29, 0.717) is 5.56 Å². The number of para-hydroxylation sites is 4. The van der Waals surface area contributed by atoms with Gasteiger partial charge in [0.1, 0.15) is 0 Å². The molecule has 46 heavy (non-hydrogen) atoms. The molecule has 0 bridgehead atoms. The maximum Gasteiger partial charge on any atom is 0.0998 e. The Kier molecular flexibility index (Phi) is 5.88. The van der Waals surface area contributed by atoms with E-state index in [4.69, 9.17) is 0 Å². The highest BCUT2D eigenvalue weighted by molar-refractivity contribution is 6.14. The second-order valence-electron chi connectivity index (χ2n) is 11.7. The lowest BCUT2D eigenvalue weighted by Gasteiger charge is -2.15. The van der Waals surface area contributed by atoms with Crippen LogP contribution in [0, 0.1) is 11.3 Å².